The van der Waals surface area contributed by atoms with E-state index in [4.69, 9.17) is 4.74 Å². The summed E-state index contributed by atoms with van der Waals surface area (Å²) in [6.07, 6.45) is 16.2. The molecule has 0 spiro atoms. The van der Waals surface area contributed by atoms with Gasteiger partial charge < -0.3 is 4.74 Å². The number of nitrogens with one attached hydrogen (secondary N) is 1. The summed E-state index contributed by atoms with van der Waals surface area (Å²) in [6, 6.07) is 17.5. The number of aromatic nitrogens is 2. The SMILES string of the molecule is C1=Cc2ccc(/C=C/c3cc(/C=C/c4ccc(CCCN5CCOCC5)cc4)[nH]n3)cc2C1. The molecule has 1 fully saturated rings. The molecule has 168 valence electrons. The molecule has 2 aliphatic rings. The molecule has 0 amide bonds. The van der Waals surface area contributed by atoms with Crippen molar-refractivity contribution in [2.24, 2.45) is 0 Å². The highest BCUT2D eigenvalue weighted by atomic mass is 16.5. The second kappa shape index (κ2) is 10.6. The largest absolute Gasteiger partial charge is 0.379 e. The van der Waals surface area contributed by atoms with E-state index in [0.717, 1.165) is 57.1 Å². The van der Waals surface area contributed by atoms with Crippen LogP contribution in [0.2, 0.25) is 0 Å². The number of nitrogens with zero attached hydrogens (tertiary/aromatic N) is 2. The van der Waals surface area contributed by atoms with Gasteiger partial charge in [0.1, 0.15) is 0 Å². The van der Waals surface area contributed by atoms with Gasteiger partial charge in [0, 0.05) is 13.1 Å². The highest BCUT2D eigenvalue weighted by Gasteiger charge is 2.09. The zero-order valence-corrected chi connectivity index (χ0v) is 19.0. The molecular weight excluding hydrogens is 406 g/mol. The summed E-state index contributed by atoms with van der Waals surface area (Å²) >= 11 is 0. The molecule has 1 aliphatic heterocycles. The molecule has 1 saturated heterocycles. The number of ether oxygens (including phenoxy) is 1. The molecule has 4 heteroatoms. The van der Waals surface area contributed by atoms with Gasteiger partial charge >= 0.3 is 0 Å². The first-order chi connectivity index (χ1) is 16.3. The minimum Gasteiger partial charge on any atom is -0.379 e. The Morgan fingerprint density at radius 1 is 0.909 bits per heavy atom. The lowest BCUT2D eigenvalue weighted by atomic mass is 10.1. The highest BCUT2D eigenvalue weighted by molar-refractivity contribution is 5.73. The quantitative estimate of drug-likeness (QED) is 0.500. The predicted octanol–water partition coefficient (Wildman–Crippen LogP) is 5.58. The van der Waals surface area contributed by atoms with E-state index in [1.807, 2.05) is 0 Å². The summed E-state index contributed by atoms with van der Waals surface area (Å²) in [5.41, 5.74) is 8.47. The number of allylic oxidation sites excluding steroid dienone is 1. The van der Waals surface area contributed by atoms with Crippen molar-refractivity contribution < 1.29 is 4.74 Å². The van der Waals surface area contributed by atoms with Gasteiger partial charge in [-0.3, -0.25) is 10.00 Å². The van der Waals surface area contributed by atoms with E-state index in [-0.39, 0.29) is 0 Å². The van der Waals surface area contributed by atoms with Gasteiger partial charge in [0.2, 0.25) is 0 Å². The number of hydrogen-bond acceptors (Lipinski definition) is 3. The summed E-state index contributed by atoms with van der Waals surface area (Å²) in [5.74, 6) is 0. The van der Waals surface area contributed by atoms with Gasteiger partial charge in [0.15, 0.2) is 0 Å². The first kappa shape index (κ1) is 21.6. The summed E-state index contributed by atoms with van der Waals surface area (Å²) < 4.78 is 5.42. The van der Waals surface area contributed by atoms with Crippen LogP contribution in [0.25, 0.3) is 30.4 Å². The van der Waals surface area contributed by atoms with Crippen LogP contribution in [0, 0.1) is 0 Å². The van der Waals surface area contributed by atoms with Crippen LogP contribution in [0.3, 0.4) is 0 Å². The van der Waals surface area contributed by atoms with E-state index in [1.54, 1.807) is 0 Å². The fourth-order valence-corrected chi connectivity index (χ4v) is 4.40. The van der Waals surface area contributed by atoms with Crippen LogP contribution in [0.15, 0.2) is 54.6 Å². The van der Waals surface area contributed by atoms with Crippen molar-refractivity contribution in [1.82, 2.24) is 15.1 Å². The lowest BCUT2D eigenvalue weighted by Gasteiger charge is -2.26. The van der Waals surface area contributed by atoms with Crippen molar-refractivity contribution >= 4 is 30.4 Å². The smallest absolute Gasteiger partial charge is 0.0854 e. The molecule has 1 aliphatic carbocycles. The summed E-state index contributed by atoms with van der Waals surface area (Å²) in [4.78, 5) is 2.50. The first-order valence-corrected chi connectivity index (χ1v) is 11.9. The Balaban J connectivity index is 1.11. The summed E-state index contributed by atoms with van der Waals surface area (Å²) in [5, 5.41) is 7.53. The van der Waals surface area contributed by atoms with Crippen LogP contribution in [0.4, 0.5) is 0 Å². The van der Waals surface area contributed by atoms with Gasteiger partial charge in [-0.05, 0) is 71.8 Å². The molecule has 3 aromatic rings. The van der Waals surface area contributed by atoms with E-state index in [9.17, 15) is 0 Å². The maximum atomic E-state index is 5.42. The van der Waals surface area contributed by atoms with Gasteiger partial charge in [-0.25, -0.2) is 0 Å². The number of H-pyrrole nitrogens is 1. The fourth-order valence-electron chi connectivity index (χ4n) is 4.40. The Kier molecular flexibility index (Phi) is 6.95. The zero-order valence-electron chi connectivity index (χ0n) is 19.0. The lowest BCUT2D eigenvalue weighted by molar-refractivity contribution is 0.0375. The third kappa shape index (κ3) is 5.98. The fraction of sp³-hybridized carbons (Fsp3) is 0.276. The van der Waals surface area contributed by atoms with Crippen molar-refractivity contribution in [2.45, 2.75) is 19.3 Å². The average molecular weight is 438 g/mol. The van der Waals surface area contributed by atoms with Crippen LogP contribution in [0.1, 0.15) is 45.6 Å². The number of aryl methyl sites for hydroxylation is 1. The van der Waals surface area contributed by atoms with Crippen molar-refractivity contribution in [3.05, 3.63) is 93.8 Å². The van der Waals surface area contributed by atoms with Crippen molar-refractivity contribution in [2.75, 3.05) is 32.8 Å². The molecule has 2 heterocycles. The number of rotatable bonds is 8. The second-order valence-electron chi connectivity index (χ2n) is 8.78. The molecule has 0 atom stereocenters. The van der Waals surface area contributed by atoms with E-state index in [0.29, 0.717) is 0 Å². The van der Waals surface area contributed by atoms with Gasteiger partial charge in [-0.2, -0.15) is 5.10 Å². The molecular formula is C29H31N3O. The maximum absolute atomic E-state index is 5.42. The molecule has 0 radical (unpaired) electrons. The molecule has 0 saturated carbocycles. The third-order valence-corrected chi connectivity index (χ3v) is 6.34. The topological polar surface area (TPSA) is 41.1 Å². The lowest BCUT2D eigenvalue weighted by Crippen LogP contribution is -2.36. The molecule has 4 nitrogen and oxygen atoms in total. The van der Waals surface area contributed by atoms with Crippen molar-refractivity contribution in [3.8, 4) is 0 Å². The number of fused-ring (bicyclic) bond motifs is 1. The monoisotopic (exact) mass is 437 g/mol. The van der Waals surface area contributed by atoms with E-state index < -0.39 is 0 Å². The Morgan fingerprint density at radius 3 is 2.61 bits per heavy atom. The number of benzene rings is 2. The summed E-state index contributed by atoms with van der Waals surface area (Å²) in [7, 11) is 0. The molecule has 1 N–H and O–H groups in total. The normalized spacial score (nSPS) is 16.2. The summed E-state index contributed by atoms with van der Waals surface area (Å²) in [6.45, 7) is 5.05. The van der Waals surface area contributed by atoms with E-state index >= 15 is 0 Å². The minimum absolute atomic E-state index is 0.877. The Labute approximate surface area is 196 Å². The van der Waals surface area contributed by atoms with Crippen molar-refractivity contribution in [3.63, 3.8) is 0 Å². The van der Waals surface area contributed by atoms with Gasteiger partial charge in [-0.15, -0.1) is 0 Å². The van der Waals surface area contributed by atoms with Crippen LogP contribution in [-0.4, -0.2) is 47.9 Å². The van der Waals surface area contributed by atoms with Gasteiger partial charge in [0.05, 0.1) is 24.6 Å². The number of hydrogen-bond donors (Lipinski definition) is 1. The molecule has 2 aromatic carbocycles. The Bertz CT molecular complexity index is 1150. The van der Waals surface area contributed by atoms with E-state index in [1.165, 1.54) is 34.2 Å². The first-order valence-electron chi connectivity index (χ1n) is 11.9. The van der Waals surface area contributed by atoms with Gasteiger partial charge in [-0.1, -0.05) is 66.8 Å². The predicted molar refractivity (Wildman–Crippen MR) is 138 cm³/mol. The zero-order chi connectivity index (χ0) is 22.3. The highest BCUT2D eigenvalue weighted by Crippen LogP contribution is 2.21. The maximum Gasteiger partial charge on any atom is 0.0854 e. The van der Waals surface area contributed by atoms with E-state index in [2.05, 4.69) is 100 Å². The second-order valence-corrected chi connectivity index (χ2v) is 8.78. The van der Waals surface area contributed by atoms with Crippen molar-refractivity contribution in [1.29, 1.82) is 0 Å². The van der Waals surface area contributed by atoms with Crippen LogP contribution < -0.4 is 0 Å². The Hall–Kier alpha value is -3.21. The average Bonchev–Trinajstić information content (AvgIpc) is 3.52. The molecule has 5 rings (SSSR count). The van der Waals surface area contributed by atoms with Gasteiger partial charge in [0.25, 0.3) is 0 Å². The minimum atomic E-state index is 0.877. The Morgan fingerprint density at radius 2 is 1.73 bits per heavy atom. The van der Waals surface area contributed by atoms with Crippen LogP contribution in [-0.2, 0) is 17.6 Å². The number of aromatic amines is 1. The third-order valence-electron chi connectivity index (χ3n) is 6.34. The molecule has 1 aromatic heterocycles. The standard InChI is InChI=1S/C29H31N3O/c1-4-26-13-10-25(21-27(26)5-1)12-15-29-22-28(30-31-29)14-11-24-8-6-23(7-9-24)3-2-16-32-17-19-33-20-18-32/h1,4,6-15,21-22H,2-3,5,16-20H2,(H,30,31)/b14-11+,15-12+. The molecule has 0 unspecified atom stereocenters. The molecule has 33 heavy (non-hydrogen) atoms. The number of morpholine rings is 1. The van der Waals surface area contributed by atoms with Crippen LogP contribution >= 0.6 is 0 Å². The molecule has 0 bridgehead atoms. The van der Waals surface area contributed by atoms with Crippen LogP contribution in [0.5, 0.6) is 0 Å².